The Hall–Kier alpha value is -4.63. The first-order chi connectivity index (χ1) is 21.4. The third-order valence-electron chi connectivity index (χ3n) is 7.57. The Morgan fingerprint density at radius 2 is 1.71 bits per heavy atom. The summed E-state index contributed by atoms with van der Waals surface area (Å²) >= 11 is 0. The van der Waals surface area contributed by atoms with E-state index in [2.05, 4.69) is 17.2 Å². The number of anilines is 1. The lowest BCUT2D eigenvalue weighted by molar-refractivity contribution is -0.161. The SMILES string of the molecule is C=Cc1ccc(C(OC2(C)C=CC(NC(=O)Nc3ccc(OC)c(OC)c3)=CC2C(=O)OC(C)C)C2=CCC(C)(F)C=C2)cc1. The van der Waals surface area contributed by atoms with Gasteiger partial charge in [-0.1, -0.05) is 49.1 Å². The highest BCUT2D eigenvalue weighted by molar-refractivity contribution is 5.91. The van der Waals surface area contributed by atoms with Crippen molar-refractivity contribution in [3.05, 3.63) is 108 Å². The molecule has 2 aliphatic rings. The first kappa shape index (κ1) is 33.3. The van der Waals surface area contributed by atoms with Crippen molar-refractivity contribution in [2.75, 3.05) is 19.5 Å². The smallest absolute Gasteiger partial charge is 0.323 e. The molecule has 0 saturated carbocycles. The van der Waals surface area contributed by atoms with Gasteiger partial charge < -0.3 is 29.6 Å². The van der Waals surface area contributed by atoms with Gasteiger partial charge in [0.2, 0.25) is 0 Å². The van der Waals surface area contributed by atoms with Crippen LogP contribution in [0.4, 0.5) is 14.9 Å². The maximum absolute atomic E-state index is 14.7. The summed E-state index contributed by atoms with van der Waals surface area (Å²) in [5.41, 5.74) is 0.754. The molecule has 2 aromatic rings. The van der Waals surface area contributed by atoms with Gasteiger partial charge in [0.05, 0.1) is 20.3 Å². The van der Waals surface area contributed by atoms with Gasteiger partial charge in [0.1, 0.15) is 23.3 Å². The largest absolute Gasteiger partial charge is 0.493 e. The minimum Gasteiger partial charge on any atom is -0.493 e. The van der Waals surface area contributed by atoms with Crippen LogP contribution in [-0.2, 0) is 14.3 Å². The zero-order valence-corrected chi connectivity index (χ0v) is 26.6. The van der Waals surface area contributed by atoms with Gasteiger partial charge in [0.15, 0.2) is 11.5 Å². The van der Waals surface area contributed by atoms with Crippen molar-refractivity contribution in [2.24, 2.45) is 5.92 Å². The van der Waals surface area contributed by atoms with Crippen molar-refractivity contribution < 1.29 is 32.9 Å². The highest BCUT2D eigenvalue weighted by Gasteiger charge is 2.43. The molecule has 2 aromatic carbocycles. The summed E-state index contributed by atoms with van der Waals surface area (Å²) in [5.74, 6) is -0.442. The van der Waals surface area contributed by atoms with Crippen LogP contribution in [0, 0.1) is 5.92 Å². The Balaban J connectivity index is 1.62. The molecule has 45 heavy (non-hydrogen) atoms. The van der Waals surface area contributed by atoms with E-state index in [9.17, 15) is 14.0 Å². The lowest BCUT2D eigenvalue weighted by atomic mass is 9.83. The van der Waals surface area contributed by atoms with Gasteiger partial charge in [-0.05, 0) is 80.8 Å². The Morgan fingerprint density at radius 3 is 2.31 bits per heavy atom. The number of halogens is 1. The maximum Gasteiger partial charge on any atom is 0.323 e. The minimum atomic E-state index is -1.46. The van der Waals surface area contributed by atoms with Crippen LogP contribution >= 0.6 is 0 Å². The first-order valence-electron chi connectivity index (χ1n) is 14.8. The van der Waals surface area contributed by atoms with E-state index in [1.54, 1.807) is 69.4 Å². The molecule has 2 amide bonds. The second kappa shape index (κ2) is 14.0. The number of urea groups is 1. The summed E-state index contributed by atoms with van der Waals surface area (Å²) in [7, 11) is 3.04. The molecular weight excluding hydrogens is 575 g/mol. The van der Waals surface area contributed by atoms with Crippen LogP contribution in [0.15, 0.2) is 96.8 Å². The summed E-state index contributed by atoms with van der Waals surface area (Å²) in [6, 6.07) is 12.2. The maximum atomic E-state index is 14.7. The van der Waals surface area contributed by atoms with E-state index < -0.39 is 35.3 Å². The lowest BCUT2D eigenvalue weighted by Gasteiger charge is -2.39. The van der Waals surface area contributed by atoms with Crippen molar-refractivity contribution in [1.82, 2.24) is 5.32 Å². The number of allylic oxidation sites excluding steroid dienone is 3. The van der Waals surface area contributed by atoms with Crippen LogP contribution in [0.2, 0.25) is 0 Å². The fourth-order valence-electron chi connectivity index (χ4n) is 5.08. The molecule has 2 N–H and O–H groups in total. The van der Waals surface area contributed by atoms with E-state index in [0.717, 1.165) is 16.7 Å². The molecule has 8 nitrogen and oxygen atoms in total. The number of hydrogen-bond donors (Lipinski definition) is 2. The Bertz CT molecular complexity index is 1540. The van der Waals surface area contributed by atoms with Gasteiger partial charge in [-0.2, -0.15) is 0 Å². The number of carbonyl (C=O) groups excluding carboxylic acids is 2. The van der Waals surface area contributed by atoms with E-state index in [4.69, 9.17) is 18.9 Å². The topological polar surface area (TPSA) is 95.1 Å². The van der Waals surface area contributed by atoms with Gasteiger partial charge in [-0.15, -0.1) is 0 Å². The molecule has 4 atom stereocenters. The van der Waals surface area contributed by atoms with E-state index in [1.807, 2.05) is 30.3 Å². The average molecular weight is 617 g/mol. The summed E-state index contributed by atoms with van der Waals surface area (Å²) < 4.78 is 37.7. The van der Waals surface area contributed by atoms with Gasteiger partial charge in [0, 0.05) is 23.9 Å². The number of rotatable bonds is 11. The molecule has 0 heterocycles. The first-order valence-corrected chi connectivity index (χ1v) is 14.8. The number of benzene rings is 2. The predicted molar refractivity (Wildman–Crippen MR) is 174 cm³/mol. The Kier molecular flexibility index (Phi) is 10.3. The third kappa shape index (κ3) is 8.30. The molecule has 4 rings (SSSR count). The third-order valence-corrected chi connectivity index (χ3v) is 7.57. The molecule has 0 aliphatic heterocycles. The Labute approximate surface area is 264 Å². The number of nitrogens with one attached hydrogen (secondary N) is 2. The molecule has 9 heteroatoms. The quantitative estimate of drug-likeness (QED) is 0.252. The van der Waals surface area contributed by atoms with Crippen molar-refractivity contribution in [2.45, 2.75) is 57.6 Å². The average Bonchev–Trinajstić information content (AvgIpc) is 3.00. The van der Waals surface area contributed by atoms with E-state index >= 15 is 0 Å². The second-order valence-corrected chi connectivity index (χ2v) is 11.6. The number of carbonyl (C=O) groups is 2. The fourth-order valence-corrected chi connectivity index (χ4v) is 5.08. The summed E-state index contributed by atoms with van der Waals surface area (Å²) in [6.07, 6.45) is 11.1. The van der Waals surface area contributed by atoms with Crippen molar-refractivity contribution in [1.29, 1.82) is 0 Å². The van der Waals surface area contributed by atoms with Crippen molar-refractivity contribution >= 4 is 23.8 Å². The molecule has 0 radical (unpaired) electrons. The number of hydrogen-bond acceptors (Lipinski definition) is 6. The standard InChI is InChI=1S/C36H41FN2O6/c1-8-24-9-11-25(12-10-24)32(26-15-18-35(4,37)19-16-26)45-36(5)20-17-28(21-29(36)33(40)44-23(2)3)39-34(41)38-27-13-14-30(42-6)31(22-27)43-7/h8-18,20-23,29,32H,1,19H2,2-7H3,(H2,38,39,41). The minimum absolute atomic E-state index is 0.192. The molecule has 0 bridgehead atoms. The van der Waals surface area contributed by atoms with Crippen LogP contribution in [0.25, 0.3) is 6.08 Å². The molecule has 0 aromatic heterocycles. The summed E-state index contributed by atoms with van der Waals surface area (Å²) in [5, 5.41) is 5.56. The molecular formula is C36H41FN2O6. The Morgan fingerprint density at radius 1 is 1.00 bits per heavy atom. The van der Waals surface area contributed by atoms with Crippen LogP contribution in [0.1, 0.15) is 51.3 Å². The van der Waals surface area contributed by atoms with Gasteiger partial charge in [-0.3, -0.25) is 4.79 Å². The van der Waals surface area contributed by atoms with E-state index in [1.165, 1.54) is 27.2 Å². The van der Waals surface area contributed by atoms with Crippen LogP contribution in [0.3, 0.4) is 0 Å². The highest BCUT2D eigenvalue weighted by Crippen LogP contribution is 2.41. The fraction of sp³-hybridized carbons (Fsp3) is 0.333. The number of alkyl halides is 1. The zero-order chi connectivity index (χ0) is 32.8. The zero-order valence-electron chi connectivity index (χ0n) is 26.6. The van der Waals surface area contributed by atoms with Crippen LogP contribution < -0.4 is 20.1 Å². The number of ether oxygens (including phenoxy) is 4. The number of amides is 2. The summed E-state index contributed by atoms with van der Waals surface area (Å²) in [4.78, 5) is 26.5. The highest BCUT2D eigenvalue weighted by atomic mass is 19.1. The predicted octanol–water partition coefficient (Wildman–Crippen LogP) is 7.62. The lowest BCUT2D eigenvalue weighted by Crippen LogP contribution is -2.45. The van der Waals surface area contributed by atoms with Crippen molar-refractivity contribution in [3.8, 4) is 11.5 Å². The van der Waals surface area contributed by atoms with Crippen LogP contribution in [0.5, 0.6) is 11.5 Å². The van der Waals surface area contributed by atoms with Gasteiger partial charge in [-0.25, -0.2) is 9.18 Å². The number of esters is 1. The molecule has 0 saturated heterocycles. The normalized spacial score (nSPS) is 23.0. The molecule has 4 unspecified atom stereocenters. The summed E-state index contributed by atoms with van der Waals surface area (Å²) in [6.45, 7) is 10.7. The molecule has 0 fully saturated rings. The molecule has 2 aliphatic carbocycles. The van der Waals surface area contributed by atoms with Crippen LogP contribution in [-0.4, -0.2) is 43.6 Å². The second-order valence-electron chi connectivity index (χ2n) is 11.6. The molecule has 238 valence electrons. The van der Waals surface area contributed by atoms with Crippen molar-refractivity contribution in [3.63, 3.8) is 0 Å². The number of methoxy groups -OCH3 is 2. The van der Waals surface area contributed by atoms with E-state index in [-0.39, 0.29) is 12.5 Å². The van der Waals surface area contributed by atoms with Gasteiger partial charge in [0.25, 0.3) is 0 Å². The molecule has 0 spiro atoms. The van der Waals surface area contributed by atoms with Gasteiger partial charge >= 0.3 is 12.0 Å². The van der Waals surface area contributed by atoms with E-state index in [0.29, 0.717) is 22.9 Å². The monoisotopic (exact) mass is 616 g/mol.